The van der Waals surface area contributed by atoms with Crippen LogP contribution in [0, 0.1) is 10.1 Å². The summed E-state index contributed by atoms with van der Waals surface area (Å²) in [7, 11) is 0. The first-order chi connectivity index (χ1) is 7.02. The van der Waals surface area contributed by atoms with Gasteiger partial charge in [-0.3, -0.25) is 10.1 Å². The van der Waals surface area contributed by atoms with Crippen molar-refractivity contribution in [3.05, 3.63) is 21.6 Å². The van der Waals surface area contributed by atoms with E-state index in [1.54, 1.807) is 6.92 Å². The zero-order valence-electron chi connectivity index (χ0n) is 7.85. The highest BCUT2D eigenvalue weighted by atomic mass is 35.5. The third-order valence-corrected chi connectivity index (χ3v) is 1.80. The van der Waals surface area contributed by atoms with Crippen molar-refractivity contribution in [3.8, 4) is 0 Å². The molecular weight excluding hydrogens is 224 g/mol. The molecule has 1 rings (SSSR count). The lowest BCUT2D eigenvalue weighted by Gasteiger charge is -2.07. The molecule has 1 atom stereocenters. The average molecular weight is 233 g/mol. The molecule has 0 amide bonds. The van der Waals surface area contributed by atoms with Gasteiger partial charge in [-0.1, -0.05) is 11.6 Å². The first kappa shape index (κ1) is 11.6. The van der Waals surface area contributed by atoms with E-state index in [-0.39, 0.29) is 23.2 Å². The van der Waals surface area contributed by atoms with E-state index < -0.39 is 11.0 Å². The number of aliphatic hydroxyl groups excluding tert-OH is 1. The lowest BCUT2D eigenvalue weighted by atomic mass is 10.4. The van der Waals surface area contributed by atoms with Gasteiger partial charge in [0, 0.05) is 6.54 Å². The fourth-order valence-corrected chi connectivity index (χ4v) is 1.09. The van der Waals surface area contributed by atoms with Crippen molar-refractivity contribution >= 4 is 23.1 Å². The second-order valence-corrected chi connectivity index (χ2v) is 3.21. The predicted octanol–water partition coefficient (Wildman–Crippen LogP) is 0.831. The van der Waals surface area contributed by atoms with Crippen molar-refractivity contribution in [1.82, 2.24) is 9.97 Å². The molecule has 15 heavy (non-hydrogen) atoms. The largest absolute Gasteiger partial charge is 0.392 e. The summed E-state index contributed by atoms with van der Waals surface area (Å²) in [5.41, 5.74) is -0.389. The molecule has 1 heterocycles. The van der Waals surface area contributed by atoms with Gasteiger partial charge in [0.15, 0.2) is 0 Å². The molecule has 0 unspecified atom stereocenters. The Balaban J connectivity index is 2.96. The topological polar surface area (TPSA) is 101 Å². The zero-order chi connectivity index (χ0) is 11.4. The van der Waals surface area contributed by atoms with E-state index in [1.807, 2.05) is 0 Å². The maximum absolute atomic E-state index is 10.6. The molecule has 8 heteroatoms. The molecule has 1 aromatic heterocycles. The van der Waals surface area contributed by atoms with E-state index in [2.05, 4.69) is 15.3 Å². The lowest BCUT2D eigenvalue weighted by Crippen LogP contribution is -2.17. The minimum absolute atomic E-state index is 0.000833. The Labute approximate surface area is 90.3 Å². The highest BCUT2D eigenvalue weighted by molar-refractivity contribution is 6.31. The maximum atomic E-state index is 10.6. The third kappa shape index (κ3) is 3.00. The summed E-state index contributed by atoms with van der Waals surface area (Å²) >= 11 is 5.54. The number of rotatable bonds is 4. The Morgan fingerprint density at radius 1 is 1.73 bits per heavy atom. The average Bonchev–Trinajstić information content (AvgIpc) is 2.13. The highest BCUT2D eigenvalue weighted by Gasteiger charge is 2.21. The SMILES string of the molecule is C[C@@H](O)CNc1ncnc(Cl)c1[N+](=O)[O-]. The Hall–Kier alpha value is -1.47. The van der Waals surface area contributed by atoms with E-state index >= 15 is 0 Å². The standard InChI is InChI=1S/C7H9ClN4O3/c1-4(13)2-9-7-5(12(14)15)6(8)10-3-11-7/h3-4,13H,2H2,1H3,(H,9,10,11)/t4-/m1/s1. The molecule has 0 spiro atoms. The van der Waals surface area contributed by atoms with Gasteiger partial charge in [0.05, 0.1) is 11.0 Å². The third-order valence-electron chi connectivity index (χ3n) is 1.53. The summed E-state index contributed by atoms with van der Waals surface area (Å²) in [4.78, 5) is 17.1. The van der Waals surface area contributed by atoms with Crippen LogP contribution >= 0.6 is 11.6 Å². The Kier molecular flexibility index (Phi) is 3.75. The highest BCUT2D eigenvalue weighted by Crippen LogP contribution is 2.27. The number of hydrogen-bond acceptors (Lipinski definition) is 6. The fraction of sp³-hybridized carbons (Fsp3) is 0.429. The number of anilines is 1. The van der Waals surface area contributed by atoms with Crippen LogP contribution in [0.25, 0.3) is 0 Å². The molecule has 0 aliphatic rings. The Bertz CT molecular complexity index is 371. The normalized spacial score (nSPS) is 12.2. The molecule has 0 saturated heterocycles. The van der Waals surface area contributed by atoms with Gasteiger partial charge >= 0.3 is 5.69 Å². The Morgan fingerprint density at radius 2 is 2.40 bits per heavy atom. The maximum Gasteiger partial charge on any atom is 0.348 e. The molecular formula is C7H9ClN4O3. The minimum Gasteiger partial charge on any atom is -0.392 e. The van der Waals surface area contributed by atoms with Crippen LogP contribution < -0.4 is 5.32 Å². The molecule has 1 aromatic rings. The molecule has 0 radical (unpaired) electrons. The smallest absolute Gasteiger partial charge is 0.348 e. The van der Waals surface area contributed by atoms with Crippen molar-refractivity contribution in [2.75, 3.05) is 11.9 Å². The first-order valence-electron chi connectivity index (χ1n) is 4.09. The van der Waals surface area contributed by atoms with Crippen molar-refractivity contribution in [2.45, 2.75) is 13.0 Å². The number of nitrogens with zero attached hydrogens (tertiary/aromatic N) is 3. The van der Waals surface area contributed by atoms with Gasteiger partial charge in [0.1, 0.15) is 6.33 Å². The summed E-state index contributed by atoms with van der Waals surface area (Å²) in [5.74, 6) is 0.000833. The second kappa shape index (κ2) is 4.85. The van der Waals surface area contributed by atoms with Crippen molar-refractivity contribution in [2.24, 2.45) is 0 Å². The molecule has 0 aromatic carbocycles. The number of hydrogen-bond donors (Lipinski definition) is 2. The monoisotopic (exact) mass is 232 g/mol. The van der Waals surface area contributed by atoms with Crippen LogP contribution in [-0.4, -0.2) is 32.6 Å². The van der Waals surface area contributed by atoms with Gasteiger partial charge in [-0.15, -0.1) is 0 Å². The van der Waals surface area contributed by atoms with Gasteiger partial charge < -0.3 is 10.4 Å². The van der Waals surface area contributed by atoms with Gasteiger partial charge in [0.25, 0.3) is 0 Å². The number of halogens is 1. The van der Waals surface area contributed by atoms with E-state index in [0.29, 0.717) is 0 Å². The lowest BCUT2D eigenvalue weighted by molar-refractivity contribution is -0.384. The molecule has 0 aliphatic heterocycles. The van der Waals surface area contributed by atoms with Gasteiger partial charge in [0.2, 0.25) is 11.0 Å². The molecule has 0 fully saturated rings. The van der Waals surface area contributed by atoms with Crippen LogP contribution in [0.2, 0.25) is 5.15 Å². The van der Waals surface area contributed by atoms with Crippen LogP contribution in [0.1, 0.15) is 6.92 Å². The summed E-state index contributed by atoms with van der Waals surface area (Å²) in [6.45, 7) is 1.69. The summed E-state index contributed by atoms with van der Waals surface area (Å²) in [5, 5.41) is 22.0. The van der Waals surface area contributed by atoms with E-state index in [1.165, 1.54) is 0 Å². The van der Waals surface area contributed by atoms with Crippen LogP contribution in [0.5, 0.6) is 0 Å². The van der Waals surface area contributed by atoms with Crippen LogP contribution in [0.3, 0.4) is 0 Å². The quantitative estimate of drug-likeness (QED) is 0.453. The molecule has 0 bridgehead atoms. The number of nitro groups is 1. The van der Waals surface area contributed by atoms with Crippen LogP contribution in [-0.2, 0) is 0 Å². The number of aliphatic hydroxyl groups is 1. The van der Waals surface area contributed by atoms with E-state index in [9.17, 15) is 10.1 Å². The van der Waals surface area contributed by atoms with Crippen molar-refractivity contribution < 1.29 is 10.0 Å². The number of aromatic nitrogens is 2. The zero-order valence-corrected chi connectivity index (χ0v) is 8.60. The Morgan fingerprint density at radius 3 is 2.93 bits per heavy atom. The summed E-state index contributed by atoms with van der Waals surface area (Å²) < 4.78 is 0. The molecule has 2 N–H and O–H groups in total. The van der Waals surface area contributed by atoms with Crippen LogP contribution in [0.4, 0.5) is 11.5 Å². The van der Waals surface area contributed by atoms with E-state index in [0.717, 1.165) is 6.33 Å². The fourth-order valence-electron chi connectivity index (χ4n) is 0.893. The minimum atomic E-state index is -0.674. The molecule has 0 saturated carbocycles. The number of nitrogens with one attached hydrogen (secondary N) is 1. The second-order valence-electron chi connectivity index (χ2n) is 2.85. The van der Waals surface area contributed by atoms with Gasteiger partial charge in [-0.2, -0.15) is 0 Å². The van der Waals surface area contributed by atoms with Crippen LogP contribution in [0.15, 0.2) is 6.33 Å². The van der Waals surface area contributed by atoms with Gasteiger partial charge in [-0.05, 0) is 6.92 Å². The molecule has 7 nitrogen and oxygen atoms in total. The summed E-state index contributed by atoms with van der Waals surface area (Å²) in [6.07, 6.45) is 0.470. The molecule has 82 valence electrons. The first-order valence-corrected chi connectivity index (χ1v) is 4.47. The van der Waals surface area contributed by atoms with Crippen molar-refractivity contribution in [1.29, 1.82) is 0 Å². The molecule has 0 aliphatic carbocycles. The summed E-state index contributed by atoms with van der Waals surface area (Å²) in [6, 6.07) is 0. The predicted molar refractivity (Wildman–Crippen MR) is 53.9 cm³/mol. The van der Waals surface area contributed by atoms with Gasteiger partial charge in [-0.25, -0.2) is 9.97 Å². The van der Waals surface area contributed by atoms with Crippen molar-refractivity contribution in [3.63, 3.8) is 0 Å². The van der Waals surface area contributed by atoms with E-state index in [4.69, 9.17) is 16.7 Å².